The highest BCUT2D eigenvalue weighted by molar-refractivity contribution is 5.80. The lowest BCUT2D eigenvalue weighted by Crippen LogP contribution is -2.58. The summed E-state index contributed by atoms with van der Waals surface area (Å²) in [7, 11) is 0. The number of benzene rings is 1. The van der Waals surface area contributed by atoms with Crippen LogP contribution in [0.1, 0.15) is 43.2 Å². The van der Waals surface area contributed by atoms with Gasteiger partial charge in [0, 0.05) is 30.6 Å². The van der Waals surface area contributed by atoms with Crippen molar-refractivity contribution in [2.45, 2.75) is 51.0 Å². The van der Waals surface area contributed by atoms with Crippen molar-refractivity contribution in [2.75, 3.05) is 19.8 Å². The molecule has 0 bridgehead atoms. The maximum atomic E-state index is 13.0. The molecule has 2 fully saturated rings. The molecule has 0 radical (unpaired) electrons. The third kappa shape index (κ3) is 3.22. The predicted octanol–water partition coefficient (Wildman–Crippen LogP) is 2.48. The van der Waals surface area contributed by atoms with Gasteiger partial charge in [-0.05, 0) is 55.6 Å². The topological polar surface area (TPSA) is 58.6 Å². The molecule has 2 aliphatic carbocycles. The van der Waals surface area contributed by atoms with Crippen molar-refractivity contribution in [3.8, 4) is 0 Å². The second-order valence-corrected chi connectivity index (χ2v) is 8.18. The molecule has 1 atom stereocenters. The quantitative estimate of drug-likeness (QED) is 0.863. The average Bonchev–Trinajstić information content (AvgIpc) is 3.05. The third-order valence-electron chi connectivity index (χ3n) is 6.78. The van der Waals surface area contributed by atoms with Gasteiger partial charge in [0.05, 0.1) is 6.61 Å². The number of carbonyl (C=O) groups excluding carboxylic acids is 1. The Labute approximate surface area is 150 Å². The zero-order chi connectivity index (χ0) is 17.3. The number of rotatable bonds is 5. The third-order valence-corrected chi connectivity index (χ3v) is 6.78. The maximum Gasteiger partial charge on any atom is 0.224 e. The van der Waals surface area contributed by atoms with Crippen molar-refractivity contribution in [3.05, 3.63) is 35.4 Å². The van der Waals surface area contributed by atoms with Crippen LogP contribution in [0.15, 0.2) is 24.3 Å². The molecule has 0 spiro atoms. The molecule has 1 saturated carbocycles. The second kappa shape index (κ2) is 7.08. The van der Waals surface area contributed by atoms with Gasteiger partial charge >= 0.3 is 0 Å². The van der Waals surface area contributed by atoms with Crippen molar-refractivity contribution >= 4 is 5.91 Å². The van der Waals surface area contributed by atoms with E-state index in [-0.39, 0.29) is 29.9 Å². The van der Waals surface area contributed by atoms with E-state index in [0.717, 1.165) is 58.2 Å². The summed E-state index contributed by atoms with van der Waals surface area (Å²) in [5.41, 5.74) is 2.51. The van der Waals surface area contributed by atoms with Crippen LogP contribution in [0.25, 0.3) is 0 Å². The summed E-state index contributed by atoms with van der Waals surface area (Å²) in [5, 5.41) is 13.5. The maximum absolute atomic E-state index is 13.0. The lowest BCUT2D eigenvalue weighted by molar-refractivity contribution is -0.130. The summed E-state index contributed by atoms with van der Waals surface area (Å²) < 4.78 is 5.52. The Morgan fingerprint density at radius 3 is 2.36 bits per heavy atom. The standard InChI is InChI=1S/C21H29NO3/c23-14-21(8-3-9-21)19(15-6-10-25-11-7-15)22-20(24)18-12-16-4-1-2-5-17(16)13-18/h1-2,4-5,15,18-19,23H,3,6-14H2,(H,22,24). The zero-order valence-electron chi connectivity index (χ0n) is 14.9. The number of aliphatic hydroxyl groups excluding tert-OH is 1. The Balaban J connectivity index is 1.48. The number of hydrogen-bond acceptors (Lipinski definition) is 3. The molecule has 3 aliphatic rings. The van der Waals surface area contributed by atoms with Gasteiger partial charge in [0.15, 0.2) is 0 Å². The average molecular weight is 343 g/mol. The number of aliphatic hydroxyl groups is 1. The molecular weight excluding hydrogens is 314 g/mol. The summed E-state index contributed by atoms with van der Waals surface area (Å²) in [6.07, 6.45) is 6.86. The van der Waals surface area contributed by atoms with Crippen molar-refractivity contribution in [3.63, 3.8) is 0 Å². The van der Waals surface area contributed by atoms with Crippen LogP contribution < -0.4 is 5.32 Å². The Hall–Kier alpha value is -1.39. The van der Waals surface area contributed by atoms with Crippen molar-refractivity contribution in [2.24, 2.45) is 17.3 Å². The van der Waals surface area contributed by atoms with E-state index in [1.165, 1.54) is 11.1 Å². The van der Waals surface area contributed by atoms with Gasteiger partial charge in [0.2, 0.25) is 5.91 Å². The van der Waals surface area contributed by atoms with Crippen LogP contribution >= 0.6 is 0 Å². The first-order valence-electron chi connectivity index (χ1n) is 9.78. The van der Waals surface area contributed by atoms with Crippen molar-refractivity contribution in [1.82, 2.24) is 5.32 Å². The minimum Gasteiger partial charge on any atom is -0.396 e. The fourth-order valence-electron chi connectivity index (χ4n) is 5.03. The van der Waals surface area contributed by atoms with Crippen LogP contribution in [0.5, 0.6) is 0 Å². The van der Waals surface area contributed by atoms with Gasteiger partial charge in [0.1, 0.15) is 0 Å². The molecule has 2 N–H and O–H groups in total. The highest BCUT2D eigenvalue weighted by Crippen LogP contribution is 2.47. The van der Waals surface area contributed by atoms with E-state index in [2.05, 4.69) is 29.6 Å². The van der Waals surface area contributed by atoms with E-state index in [0.29, 0.717) is 5.92 Å². The fourth-order valence-corrected chi connectivity index (χ4v) is 5.03. The first-order valence-corrected chi connectivity index (χ1v) is 9.78. The molecule has 4 rings (SSSR count). The highest BCUT2D eigenvalue weighted by atomic mass is 16.5. The van der Waals surface area contributed by atoms with E-state index in [9.17, 15) is 9.90 Å². The molecule has 1 aromatic rings. The normalized spacial score (nSPS) is 24.4. The summed E-state index contributed by atoms with van der Waals surface area (Å²) in [5.74, 6) is 0.636. The highest BCUT2D eigenvalue weighted by Gasteiger charge is 2.48. The number of amides is 1. The van der Waals surface area contributed by atoms with E-state index >= 15 is 0 Å². The van der Waals surface area contributed by atoms with Crippen LogP contribution in [0.3, 0.4) is 0 Å². The molecule has 4 heteroatoms. The molecule has 1 saturated heterocycles. The Bertz CT molecular complexity index is 589. The molecule has 1 heterocycles. The summed E-state index contributed by atoms with van der Waals surface area (Å²) in [4.78, 5) is 13.0. The molecule has 1 amide bonds. The molecule has 25 heavy (non-hydrogen) atoms. The number of nitrogens with one attached hydrogen (secondary N) is 1. The first-order chi connectivity index (χ1) is 12.2. The minimum absolute atomic E-state index is 0.0376. The number of hydrogen-bond donors (Lipinski definition) is 2. The van der Waals surface area contributed by atoms with Gasteiger partial charge in [-0.2, -0.15) is 0 Å². The summed E-state index contributed by atoms with van der Waals surface area (Å²) in [6.45, 7) is 1.72. The van der Waals surface area contributed by atoms with Crippen molar-refractivity contribution < 1.29 is 14.6 Å². The molecule has 1 unspecified atom stereocenters. The second-order valence-electron chi connectivity index (χ2n) is 8.18. The Morgan fingerprint density at radius 2 is 1.84 bits per heavy atom. The monoisotopic (exact) mass is 343 g/mol. The smallest absolute Gasteiger partial charge is 0.224 e. The molecule has 1 aliphatic heterocycles. The van der Waals surface area contributed by atoms with Crippen LogP contribution in [0.4, 0.5) is 0 Å². The Kier molecular flexibility index (Phi) is 4.83. The first kappa shape index (κ1) is 17.0. The van der Waals surface area contributed by atoms with Crippen LogP contribution in [-0.4, -0.2) is 36.9 Å². The SMILES string of the molecule is O=C(NC(C1CCOCC1)C1(CO)CCC1)C1Cc2ccccc2C1. The van der Waals surface area contributed by atoms with E-state index in [1.54, 1.807) is 0 Å². The van der Waals surface area contributed by atoms with Gasteiger partial charge in [-0.3, -0.25) is 4.79 Å². The zero-order valence-corrected chi connectivity index (χ0v) is 14.9. The molecular formula is C21H29NO3. The minimum atomic E-state index is -0.108. The number of carbonyl (C=O) groups is 1. The fraction of sp³-hybridized carbons (Fsp3) is 0.667. The number of fused-ring (bicyclic) bond motifs is 1. The molecule has 4 nitrogen and oxygen atoms in total. The van der Waals surface area contributed by atoms with Crippen molar-refractivity contribution in [1.29, 1.82) is 0 Å². The van der Waals surface area contributed by atoms with Gasteiger partial charge in [-0.15, -0.1) is 0 Å². The van der Waals surface area contributed by atoms with Crippen LogP contribution in [0, 0.1) is 17.3 Å². The van der Waals surface area contributed by atoms with Gasteiger partial charge < -0.3 is 15.2 Å². The van der Waals surface area contributed by atoms with Gasteiger partial charge in [-0.1, -0.05) is 30.7 Å². The van der Waals surface area contributed by atoms with E-state index < -0.39 is 0 Å². The number of ether oxygens (including phenoxy) is 1. The summed E-state index contributed by atoms with van der Waals surface area (Å²) in [6, 6.07) is 8.48. The lowest BCUT2D eigenvalue weighted by Gasteiger charge is -2.50. The molecule has 136 valence electrons. The summed E-state index contributed by atoms with van der Waals surface area (Å²) >= 11 is 0. The Morgan fingerprint density at radius 1 is 1.20 bits per heavy atom. The van der Waals surface area contributed by atoms with Gasteiger partial charge in [0.25, 0.3) is 0 Å². The molecule has 1 aromatic carbocycles. The largest absolute Gasteiger partial charge is 0.396 e. The predicted molar refractivity (Wildman–Crippen MR) is 96.2 cm³/mol. The van der Waals surface area contributed by atoms with Gasteiger partial charge in [-0.25, -0.2) is 0 Å². The molecule has 0 aromatic heterocycles. The lowest BCUT2D eigenvalue weighted by atomic mass is 9.60. The van der Waals surface area contributed by atoms with E-state index in [4.69, 9.17) is 4.74 Å². The van der Waals surface area contributed by atoms with E-state index in [1.807, 2.05) is 0 Å². The van der Waals surface area contributed by atoms with Crippen LogP contribution in [0.2, 0.25) is 0 Å². The van der Waals surface area contributed by atoms with Crippen LogP contribution in [-0.2, 0) is 22.4 Å².